The zero-order valence-corrected chi connectivity index (χ0v) is 16.0. The number of carbonyl (C=O) groups excluding carboxylic acids is 3. The molecule has 0 aromatic heterocycles. The summed E-state index contributed by atoms with van der Waals surface area (Å²) in [6.07, 6.45) is 0. The van der Waals surface area contributed by atoms with E-state index in [1.807, 2.05) is 6.07 Å². The number of esters is 1. The van der Waals surface area contributed by atoms with E-state index in [2.05, 4.69) is 10.6 Å². The second kappa shape index (κ2) is 9.64. The van der Waals surface area contributed by atoms with Gasteiger partial charge in [0.25, 0.3) is 11.8 Å². The van der Waals surface area contributed by atoms with Crippen molar-refractivity contribution in [2.75, 3.05) is 11.9 Å². The van der Waals surface area contributed by atoms with Crippen LogP contribution >= 0.6 is 0 Å². The first-order valence-corrected chi connectivity index (χ1v) is 8.87. The SMILES string of the molecule is Cc1ccccc1C(=O)N[C@H](C(=O)OCC(=O)Nc1ccccc1F)C(C)C. The number of para-hydroxylation sites is 1. The number of carbonyl (C=O) groups is 3. The molecule has 2 aromatic carbocycles. The van der Waals surface area contributed by atoms with Crippen LogP contribution in [-0.4, -0.2) is 30.4 Å². The second-order valence-electron chi connectivity index (χ2n) is 6.65. The fraction of sp³-hybridized carbons (Fsp3) is 0.286. The van der Waals surface area contributed by atoms with Gasteiger partial charge in [-0.05, 0) is 36.6 Å². The van der Waals surface area contributed by atoms with Crippen LogP contribution in [-0.2, 0) is 14.3 Å². The molecular weight excluding hydrogens is 363 g/mol. The van der Waals surface area contributed by atoms with Crippen molar-refractivity contribution in [2.24, 2.45) is 5.92 Å². The average Bonchev–Trinajstić information content (AvgIpc) is 2.66. The molecule has 0 aliphatic rings. The third-order valence-electron chi connectivity index (χ3n) is 4.09. The lowest BCUT2D eigenvalue weighted by Gasteiger charge is -2.21. The van der Waals surface area contributed by atoms with Gasteiger partial charge in [-0.25, -0.2) is 9.18 Å². The van der Waals surface area contributed by atoms with Gasteiger partial charge in [0.15, 0.2) is 6.61 Å². The highest BCUT2D eigenvalue weighted by molar-refractivity contribution is 5.98. The van der Waals surface area contributed by atoms with Gasteiger partial charge < -0.3 is 15.4 Å². The van der Waals surface area contributed by atoms with Crippen LogP contribution in [0.5, 0.6) is 0 Å². The summed E-state index contributed by atoms with van der Waals surface area (Å²) in [5.74, 6) is -2.65. The molecule has 2 aromatic rings. The van der Waals surface area contributed by atoms with Gasteiger partial charge in [0.1, 0.15) is 11.9 Å². The number of ether oxygens (including phenoxy) is 1. The highest BCUT2D eigenvalue weighted by Crippen LogP contribution is 2.13. The van der Waals surface area contributed by atoms with Crippen LogP contribution in [0.4, 0.5) is 10.1 Å². The molecule has 0 saturated carbocycles. The van der Waals surface area contributed by atoms with Gasteiger partial charge in [-0.1, -0.05) is 44.2 Å². The fourth-order valence-electron chi connectivity index (χ4n) is 2.52. The van der Waals surface area contributed by atoms with Crippen LogP contribution in [0.15, 0.2) is 48.5 Å². The first-order chi connectivity index (χ1) is 13.3. The predicted octanol–water partition coefficient (Wildman–Crippen LogP) is 3.07. The van der Waals surface area contributed by atoms with Gasteiger partial charge in [-0.15, -0.1) is 0 Å². The van der Waals surface area contributed by atoms with Crippen LogP contribution < -0.4 is 10.6 Å². The van der Waals surface area contributed by atoms with Crippen LogP contribution in [0.1, 0.15) is 29.8 Å². The predicted molar refractivity (Wildman–Crippen MR) is 103 cm³/mol. The molecule has 2 rings (SSSR count). The summed E-state index contributed by atoms with van der Waals surface area (Å²) in [6, 6.07) is 11.8. The van der Waals surface area contributed by atoms with E-state index >= 15 is 0 Å². The molecule has 2 N–H and O–H groups in total. The maximum atomic E-state index is 13.6. The number of nitrogens with one attached hydrogen (secondary N) is 2. The molecule has 0 spiro atoms. The molecule has 0 saturated heterocycles. The quantitative estimate of drug-likeness (QED) is 0.717. The van der Waals surface area contributed by atoms with Crippen molar-refractivity contribution in [3.63, 3.8) is 0 Å². The molecule has 0 bridgehead atoms. The molecule has 7 heteroatoms. The molecule has 0 heterocycles. The van der Waals surface area contributed by atoms with Crippen molar-refractivity contribution in [3.05, 3.63) is 65.5 Å². The molecule has 28 heavy (non-hydrogen) atoms. The summed E-state index contributed by atoms with van der Waals surface area (Å²) >= 11 is 0. The number of anilines is 1. The smallest absolute Gasteiger partial charge is 0.329 e. The van der Waals surface area contributed by atoms with E-state index in [1.165, 1.54) is 18.2 Å². The summed E-state index contributed by atoms with van der Waals surface area (Å²) in [7, 11) is 0. The number of hydrogen-bond acceptors (Lipinski definition) is 4. The van der Waals surface area contributed by atoms with E-state index in [4.69, 9.17) is 4.74 Å². The van der Waals surface area contributed by atoms with Gasteiger partial charge >= 0.3 is 5.97 Å². The minimum Gasteiger partial charge on any atom is -0.454 e. The van der Waals surface area contributed by atoms with Crippen molar-refractivity contribution in [1.29, 1.82) is 0 Å². The third-order valence-corrected chi connectivity index (χ3v) is 4.09. The monoisotopic (exact) mass is 386 g/mol. The van der Waals surface area contributed by atoms with Crippen molar-refractivity contribution in [3.8, 4) is 0 Å². The summed E-state index contributed by atoms with van der Waals surface area (Å²) in [6.45, 7) is 4.72. The van der Waals surface area contributed by atoms with Crippen LogP contribution in [0, 0.1) is 18.7 Å². The molecule has 6 nitrogen and oxygen atoms in total. The number of rotatable bonds is 7. The summed E-state index contributed by atoms with van der Waals surface area (Å²) in [5.41, 5.74) is 1.23. The zero-order valence-electron chi connectivity index (χ0n) is 16.0. The van der Waals surface area contributed by atoms with E-state index in [9.17, 15) is 18.8 Å². The fourth-order valence-corrected chi connectivity index (χ4v) is 2.52. The molecule has 0 unspecified atom stereocenters. The zero-order chi connectivity index (χ0) is 20.7. The average molecular weight is 386 g/mol. The Kier molecular flexibility index (Phi) is 7.26. The van der Waals surface area contributed by atoms with E-state index < -0.39 is 36.2 Å². The lowest BCUT2D eigenvalue weighted by molar-refractivity contribution is -0.150. The van der Waals surface area contributed by atoms with Gasteiger partial charge in [-0.3, -0.25) is 9.59 Å². The Morgan fingerprint density at radius 3 is 2.32 bits per heavy atom. The number of benzene rings is 2. The van der Waals surface area contributed by atoms with Gasteiger partial charge in [-0.2, -0.15) is 0 Å². The maximum absolute atomic E-state index is 13.6. The molecule has 1 atom stereocenters. The van der Waals surface area contributed by atoms with Crippen molar-refractivity contribution in [1.82, 2.24) is 5.32 Å². The number of aryl methyl sites for hydroxylation is 1. The highest BCUT2D eigenvalue weighted by atomic mass is 19.1. The summed E-state index contributed by atoms with van der Waals surface area (Å²) in [4.78, 5) is 36.7. The van der Waals surface area contributed by atoms with Gasteiger partial charge in [0, 0.05) is 5.56 Å². The number of hydrogen-bond donors (Lipinski definition) is 2. The Bertz CT molecular complexity index is 867. The lowest BCUT2D eigenvalue weighted by atomic mass is 10.0. The van der Waals surface area contributed by atoms with E-state index in [-0.39, 0.29) is 11.6 Å². The third kappa shape index (κ3) is 5.64. The minimum atomic E-state index is -0.923. The van der Waals surface area contributed by atoms with Crippen molar-refractivity contribution >= 4 is 23.5 Å². The second-order valence-corrected chi connectivity index (χ2v) is 6.65. The Hall–Kier alpha value is -3.22. The van der Waals surface area contributed by atoms with Crippen LogP contribution in [0.3, 0.4) is 0 Å². The van der Waals surface area contributed by atoms with E-state index in [0.29, 0.717) is 5.56 Å². The van der Waals surface area contributed by atoms with Crippen LogP contribution in [0.2, 0.25) is 0 Å². The largest absolute Gasteiger partial charge is 0.454 e. The number of halogens is 1. The van der Waals surface area contributed by atoms with Crippen molar-refractivity contribution < 1.29 is 23.5 Å². The van der Waals surface area contributed by atoms with Gasteiger partial charge in [0.2, 0.25) is 0 Å². The minimum absolute atomic E-state index is 0.00295. The Morgan fingerprint density at radius 2 is 1.68 bits per heavy atom. The summed E-state index contributed by atoms with van der Waals surface area (Å²) < 4.78 is 18.6. The summed E-state index contributed by atoms with van der Waals surface area (Å²) in [5, 5.41) is 4.98. The van der Waals surface area contributed by atoms with E-state index in [1.54, 1.807) is 45.0 Å². The molecule has 0 radical (unpaired) electrons. The topological polar surface area (TPSA) is 84.5 Å². The van der Waals surface area contributed by atoms with E-state index in [0.717, 1.165) is 5.56 Å². The maximum Gasteiger partial charge on any atom is 0.329 e. The Morgan fingerprint density at radius 1 is 1.04 bits per heavy atom. The number of amides is 2. The highest BCUT2D eigenvalue weighted by Gasteiger charge is 2.27. The first-order valence-electron chi connectivity index (χ1n) is 8.87. The standard InChI is InChI=1S/C21H23FN2O4/c1-13(2)19(24-20(26)15-9-5-4-8-14(15)3)21(27)28-12-18(25)23-17-11-7-6-10-16(17)22/h4-11,13,19H,12H2,1-3H3,(H,23,25)(H,24,26)/t19-/m0/s1. The lowest BCUT2D eigenvalue weighted by Crippen LogP contribution is -2.46. The van der Waals surface area contributed by atoms with Gasteiger partial charge in [0.05, 0.1) is 5.69 Å². The molecular formula is C21H23FN2O4. The molecule has 148 valence electrons. The molecule has 0 aliphatic carbocycles. The van der Waals surface area contributed by atoms with Crippen molar-refractivity contribution in [2.45, 2.75) is 26.8 Å². The Labute approximate surface area is 163 Å². The Balaban J connectivity index is 1.95. The van der Waals surface area contributed by atoms with Crippen LogP contribution in [0.25, 0.3) is 0 Å². The molecule has 0 fully saturated rings. The molecule has 2 amide bonds. The first kappa shape index (κ1) is 21.1. The molecule has 0 aliphatic heterocycles. The normalized spacial score (nSPS) is 11.6.